The van der Waals surface area contributed by atoms with E-state index in [1.165, 1.54) is 0 Å². The van der Waals surface area contributed by atoms with Gasteiger partial charge in [-0.3, -0.25) is 4.79 Å². The van der Waals surface area contributed by atoms with Crippen LogP contribution in [-0.2, 0) is 4.79 Å². The van der Waals surface area contributed by atoms with Gasteiger partial charge in [-0.05, 0) is 57.1 Å². The third kappa shape index (κ3) is 3.24. The van der Waals surface area contributed by atoms with Crippen molar-refractivity contribution in [1.29, 1.82) is 0 Å². The third-order valence-corrected chi connectivity index (χ3v) is 4.90. The Bertz CT molecular complexity index is 515. The molecule has 1 aromatic rings. The van der Waals surface area contributed by atoms with Gasteiger partial charge < -0.3 is 15.3 Å². The number of amides is 1. The highest BCUT2D eigenvalue weighted by Gasteiger charge is 2.39. The summed E-state index contributed by atoms with van der Waals surface area (Å²) in [6.45, 7) is 3.81. The molecular weight excluding hydrogens is 278 g/mol. The van der Waals surface area contributed by atoms with Gasteiger partial charge >= 0.3 is 0 Å². The fraction of sp³-hybridized carbons (Fsp3) is 0.647. The maximum Gasteiger partial charge on any atom is 0.252 e. The zero-order chi connectivity index (χ0) is 15.6. The Balaban J connectivity index is 1.51. The predicted molar refractivity (Wildman–Crippen MR) is 85.8 cm³/mol. The molecule has 3 rings (SSSR count). The summed E-state index contributed by atoms with van der Waals surface area (Å²) in [4.78, 5) is 19.0. The van der Waals surface area contributed by atoms with Crippen molar-refractivity contribution < 1.29 is 9.90 Å². The lowest BCUT2D eigenvalue weighted by Crippen LogP contribution is -2.52. The minimum atomic E-state index is -1.12. The van der Waals surface area contributed by atoms with Crippen LogP contribution in [0.15, 0.2) is 18.3 Å². The molecule has 2 fully saturated rings. The van der Waals surface area contributed by atoms with Crippen LogP contribution in [0.1, 0.15) is 44.1 Å². The monoisotopic (exact) mass is 303 g/mol. The highest BCUT2D eigenvalue weighted by atomic mass is 16.3. The second-order valence-corrected chi connectivity index (χ2v) is 6.67. The third-order valence-electron chi connectivity index (χ3n) is 4.90. The number of hydrogen-bond donors (Lipinski definition) is 2. The van der Waals surface area contributed by atoms with Crippen LogP contribution in [0.5, 0.6) is 0 Å². The van der Waals surface area contributed by atoms with Crippen molar-refractivity contribution in [1.82, 2.24) is 10.3 Å². The average molecular weight is 303 g/mol. The van der Waals surface area contributed by atoms with Crippen molar-refractivity contribution in [2.45, 2.75) is 57.1 Å². The molecule has 120 valence electrons. The van der Waals surface area contributed by atoms with Gasteiger partial charge in [0.15, 0.2) is 0 Å². The number of rotatable bonds is 3. The van der Waals surface area contributed by atoms with Crippen LogP contribution in [0, 0.1) is 6.92 Å². The molecule has 5 nitrogen and oxygen atoms in total. The van der Waals surface area contributed by atoms with Crippen molar-refractivity contribution in [2.24, 2.45) is 0 Å². The second-order valence-electron chi connectivity index (χ2n) is 6.67. The number of nitrogens with zero attached hydrogens (tertiary/aromatic N) is 2. The van der Waals surface area contributed by atoms with E-state index in [1.807, 2.05) is 13.1 Å². The molecule has 0 bridgehead atoms. The van der Waals surface area contributed by atoms with Crippen LogP contribution in [0.2, 0.25) is 0 Å². The maximum atomic E-state index is 12.2. The molecular formula is C17H25N3O2. The highest BCUT2D eigenvalue weighted by molar-refractivity contribution is 5.85. The predicted octanol–water partition coefficient (Wildman–Crippen LogP) is 1.78. The molecule has 0 radical (unpaired) electrons. The zero-order valence-electron chi connectivity index (χ0n) is 13.2. The molecule has 0 spiro atoms. The van der Waals surface area contributed by atoms with Gasteiger partial charge in [0.05, 0.1) is 0 Å². The van der Waals surface area contributed by atoms with Crippen molar-refractivity contribution >= 4 is 11.7 Å². The summed E-state index contributed by atoms with van der Waals surface area (Å²) in [5.74, 6) is 0.835. The number of aromatic nitrogens is 1. The Morgan fingerprint density at radius 1 is 1.32 bits per heavy atom. The quantitative estimate of drug-likeness (QED) is 0.893. The number of piperidine rings is 1. The normalized spacial score (nSPS) is 21.8. The molecule has 2 N–H and O–H groups in total. The first-order valence-corrected chi connectivity index (χ1v) is 8.28. The Hall–Kier alpha value is -1.62. The van der Waals surface area contributed by atoms with E-state index in [4.69, 9.17) is 0 Å². The van der Waals surface area contributed by atoms with E-state index in [2.05, 4.69) is 27.3 Å². The van der Waals surface area contributed by atoms with Gasteiger partial charge in [-0.25, -0.2) is 4.98 Å². The van der Waals surface area contributed by atoms with Crippen LogP contribution in [0.3, 0.4) is 0 Å². The van der Waals surface area contributed by atoms with E-state index in [0.717, 1.165) is 50.2 Å². The van der Waals surface area contributed by atoms with Gasteiger partial charge in [0.1, 0.15) is 11.4 Å². The number of pyridine rings is 1. The van der Waals surface area contributed by atoms with Crippen molar-refractivity contribution in [3.8, 4) is 0 Å². The summed E-state index contributed by atoms with van der Waals surface area (Å²) in [5, 5.41) is 13.4. The number of carbonyl (C=O) groups excluding carboxylic acids is 1. The molecule has 0 atom stereocenters. The molecule has 1 amide bonds. The van der Waals surface area contributed by atoms with Crippen LogP contribution in [-0.4, -0.2) is 40.7 Å². The number of anilines is 1. The second kappa shape index (κ2) is 6.24. The first-order valence-electron chi connectivity index (χ1n) is 8.28. The minimum absolute atomic E-state index is 0.166. The summed E-state index contributed by atoms with van der Waals surface area (Å²) in [6, 6.07) is 4.29. The Morgan fingerprint density at radius 3 is 2.59 bits per heavy atom. The van der Waals surface area contributed by atoms with Crippen LogP contribution in [0.25, 0.3) is 0 Å². The summed E-state index contributed by atoms with van der Waals surface area (Å²) >= 11 is 0. The number of hydrogen-bond acceptors (Lipinski definition) is 4. The number of aliphatic hydroxyl groups is 1. The van der Waals surface area contributed by atoms with Gasteiger partial charge in [-0.1, -0.05) is 6.07 Å². The van der Waals surface area contributed by atoms with Gasteiger partial charge in [-0.2, -0.15) is 0 Å². The average Bonchev–Trinajstić information content (AvgIpc) is 2.97. The summed E-state index contributed by atoms with van der Waals surface area (Å²) in [7, 11) is 0. The summed E-state index contributed by atoms with van der Waals surface area (Å²) in [5.41, 5.74) is 0.0473. The van der Waals surface area contributed by atoms with E-state index in [0.29, 0.717) is 12.8 Å². The number of aryl methyl sites for hydroxylation is 1. The molecule has 0 aromatic carbocycles. The van der Waals surface area contributed by atoms with Gasteiger partial charge in [0.25, 0.3) is 5.91 Å². The van der Waals surface area contributed by atoms with Crippen LogP contribution in [0.4, 0.5) is 5.82 Å². The molecule has 0 unspecified atom stereocenters. The van der Waals surface area contributed by atoms with Gasteiger partial charge in [-0.15, -0.1) is 0 Å². The van der Waals surface area contributed by atoms with Gasteiger partial charge in [0.2, 0.25) is 0 Å². The SMILES string of the molecule is Cc1ccc(N2CCC(NC(=O)C3(O)CCCC3)CC2)nc1. The number of nitrogens with one attached hydrogen (secondary N) is 1. The maximum absolute atomic E-state index is 12.2. The highest BCUT2D eigenvalue weighted by Crippen LogP contribution is 2.30. The summed E-state index contributed by atoms with van der Waals surface area (Å²) in [6.07, 6.45) is 6.78. The van der Waals surface area contributed by atoms with Crippen molar-refractivity contribution in [2.75, 3.05) is 18.0 Å². The first-order chi connectivity index (χ1) is 10.6. The lowest BCUT2D eigenvalue weighted by atomic mass is 9.98. The molecule has 1 aliphatic carbocycles. The molecule has 5 heteroatoms. The lowest BCUT2D eigenvalue weighted by Gasteiger charge is -2.34. The van der Waals surface area contributed by atoms with Crippen molar-refractivity contribution in [3.63, 3.8) is 0 Å². The molecule has 2 heterocycles. The Morgan fingerprint density at radius 2 is 2.00 bits per heavy atom. The topological polar surface area (TPSA) is 65.5 Å². The molecule has 1 saturated carbocycles. The van der Waals surface area contributed by atoms with Crippen LogP contribution >= 0.6 is 0 Å². The largest absolute Gasteiger partial charge is 0.380 e. The van der Waals surface area contributed by atoms with E-state index in [9.17, 15) is 9.90 Å². The minimum Gasteiger partial charge on any atom is -0.380 e. The molecule has 1 aliphatic heterocycles. The van der Waals surface area contributed by atoms with Crippen molar-refractivity contribution in [3.05, 3.63) is 23.9 Å². The molecule has 2 aliphatic rings. The molecule has 22 heavy (non-hydrogen) atoms. The van der Waals surface area contributed by atoms with Crippen LogP contribution < -0.4 is 10.2 Å². The Kier molecular flexibility index (Phi) is 4.34. The van der Waals surface area contributed by atoms with E-state index >= 15 is 0 Å². The fourth-order valence-corrected chi connectivity index (χ4v) is 3.41. The van der Waals surface area contributed by atoms with E-state index in [-0.39, 0.29) is 11.9 Å². The number of carbonyl (C=O) groups is 1. The first kappa shape index (κ1) is 15.3. The van der Waals surface area contributed by atoms with E-state index < -0.39 is 5.60 Å². The lowest BCUT2D eigenvalue weighted by molar-refractivity contribution is -0.140. The fourth-order valence-electron chi connectivity index (χ4n) is 3.41. The Labute approximate surface area is 131 Å². The van der Waals surface area contributed by atoms with E-state index in [1.54, 1.807) is 0 Å². The summed E-state index contributed by atoms with van der Waals surface area (Å²) < 4.78 is 0. The molecule has 1 aromatic heterocycles. The zero-order valence-corrected chi connectivity index (χ0v) is 13.2. The van der Waals surface area contributed by atoms with Gasteiger partial charge in [0, 0.05) is 25.3 Å². The molecule has 1 saturated heterocycles. The standard InChI is InChI=1S/C17H25N3O2/c1-13-4-5-15(18-12-13)20-10-6-14(7-11-20)19-16(21)17(22)8-2-3-9-17/h4-5,12,14,22H,2-3,6-11H2,1H3,(H,19,21). The smallest absolute Gasteiger partial charge is 0.252 e.